The Bertz CT molecular complexity index is 1160. The summed E-state index contributed by atoms with van der Waals surface area (Å²) in [5, 5.41) is 8.67. The van der Waals surface area contributed by atoms with Gasteiger partial charge in [-0.15, -0.1) is 0 Å². The Labute approximate surface area is 201 Å². The fourth-order valence-corrected chi connectivity index (χ4v) is 4.62. The maximum absolute atomic E-state index is 14.4. The van der Waals surface area contributed by atoms with E-state index in [1.165, 1.54) is 23.1 Å². The second-order valence-electron chi connectivity index (χ2n) is 7.47. The Morgan fingerprint density at radius 3 is 2.32 bits per heavy atom. The monoisotopic (exact) mass is 515 g/mol. The molecule has 1 N–H and O–H groups in total. The molecule has 34 heavy (non-hydrogen) atoms. The van der Waals surface area contributed by atoms with Gasteiger partial charge in [0.25, 0.3) is 5.91 Å². The Hall–Kier alpha value is -2.79. The Morgan fingerprint density at radius 2 is 1.68 bits per heavy atom. The summed E-state index contributed by atoms with van der Waals surface area (Å²) in [6.07, 6.45) is -1.63. The van der Waals surface area contributed by atoms with Gasteiger partial charge in [0.05, 0.1) is 10.5 Å². The van der Waals surface area contributed by atoms with Crippen molar-refractivity contribution in [3.8, 4) is 11.1 Å². The van der Waals surface area contributed by atoms with Crippen LogP contribution in [0.2, 0.25) is 0 Å². The second kappa shape index (κ2) is 10.6. The third-order valence-corrected chi connectivity index (χ3v) is 6.40. The number of hydrogen-bond donors (Lipinski definition) is 1. The highest BCUT2D eigenvalue weighted by Crippen LogP contribution is 2.36. The standard InChI is InChI=1S/C23H18F5NO3S2/c24-17-7-5-13(10-15(17)16-12-14(23(26,27)28)6-8-18(16)25)11-19-21(32)29(22(33)34-19)9-3-1-2-4-20(30)31/h5-8,10-12H,1-4,9H2,(H,30,31). The third-order valence-electron chi connectivity index (χ3n) is 5.02. The second-order valence-corrected chi connectivity index (χ2v) is 9.15. The fourth-order valence-electron chi connectivity index (χ4n) is 3.31. The topological polar surface area (TPSA) is 57.6 Å². The smallest absolute Gasteiger partial charge is 0.416 e. The molecule has 0 spiro atoms. The number of carboxylic acid groups (broad SMARTS) is 1. The number of carboxylic acids is 1. The summed E-state index contributed by atoms with van der Waals surface area (Å²) in [7, 11) is 0. The number of carbonyl (C=O) groups excluding carboxylic acids is 1. The first-order valence-corrected chi connectivity index (χ1v) is 11.3. The number of rotatable bonds is 8. The maximum atomic E-state index is 14.4. The van der Waals surface area contributed by atoms with Crippen LogP contribution in [0, 0.1) is 11.6 Å². The lowest BCUT2D eigenvalue weighted by Crippen LogP contribution is -2.29. The van der Waals surface area contributed by atoms with Gasteiger partial charge < -0.3 is 5.11 Å². The lowest BCUT2D eigenvalue weighted by Gasteiger charge is -2.13. The van der Waals surface area contributed by atoms with Crippen molar-refractivity contribution in [2.75, 3.05) is 6.54 Å². The van der Waals surface area contributed by atoms with Gasteiger partial charge in [-0.2, -0.15) is 13.2 Å². The molecule has 0 radical (unpaired) electrons. The molecule has 0 unspecified atom stereocenters. The largest absolute Gasteiger partial charge is 0.481 e. The van der Waals surface area contributed by atoms with E-state index in [1.807, 2.05) is 0 Å². The maximum Gasteiger partial charge on any atom is 0.416 e. The van der Waals surface area contributed by atoms with Gasteiger partial charge in [-0.1, -0.05) is 36.5 Å². The van der Waals surface area contributed by atoms with Crippen LogP contribution in [0.25, 0.3) is 17.2 Å². The minimum Gasteiger partial charge on any atom is -0.481 e. The van der Waals surface area contributed by atoms with Crippen molar-refractivity contribution >= 4 is 46.3 Å². The van der Waals surface area contributed by atoms with Crippen LogP contribution in [-0.4, -0.2) is 32.7 Å². The summed E-state index contributed by atoms with van der Waals surface area (Å²) in [6, 6.07) is 5.24. The van der Waals surface area contributed by atoms with E-state index in [0.29, 0.717) is 48.3 Å². The molecule has 4 nitrogen and oxygen atoms in total. The molecule has 0 aromatic heterocycles. The number of halogens is 5. The van der Waals surface area contributed by atoms with E-state index in [9.17, 15) is 31.5 Å². The molecular formula is C23H18F5NO3S2. The molecule has 3 rings (SSSR count). The number of thiocarbonyl (C=S) groups is 1. The van der Waals surface area contributed by atoms with E-state index in [2.05, 4.69) is 0 Å². The number of benzene rings is 2. The molecule has 1 saturated heterocycles. The van der Waals surface area contributed by atoms with Gasteiger partial charge in [-0.25, -0.2) is 8.78 Å². The molecule has 180 valence electrons. The number of thioether (sulfide) groups is 1. The number of nitrogens with zero attached hydrogens (tertiary/aromatic N) is 1. The zero-order valence-corrected chi connectivity index (χ0v) is 19.1. The molecule has 2 aromatic carbocycles. The lowest BCUT2D eigenvalue weighted by molar-refractivity contribution is -0.138. The van der Waals surface area contributed by atoms with Crippen LogP contribution < -0.4 is 0 Å². The third kappa shape index (κ3) is 6.20. The first-order chi connectivity index (χ1) is 16.0. The van der Waals surface area contributed by atoms with Gasteiger partial charge in [0.2, 0.25) is 0 Å². The molecule has 1 amide bonds. The lowest BCUT2D eigenvalue weighted by atomic mass is 9.99. The van der Waals surface area contributed by atoms with E-state index in [-0.39, 0.29) is 28.4 Å². The van der Waals surface area contributed by atoms with Crippen LogP contribution in [0.1, 0.15) is 36.8 Å². The van der Waals surface area contributed by atoms with Crippen molar-refractivity contribution in [2.24, 2.45) is 0 Å². The molecule has 1 aliphatic heterocycles. The summed E-state index contributed by atoms with van der Waals surface area (Å²) >= 11 is 6.26. The van der Waals surface area contributed by atoms with Gasteiger partial charge in [0, 0.05) is 24.1 Å². The highest BCUT2D eigenvalue weighted by Gasteiger charge is 2.32. The van der Waals surface area contributed by atoms with E-state index in [4.69, 9.17) is 17.3 Å². The Morgan fingerprint density at radius 1 is 1.03 bits per heavy atom. The normalized spacial score (nSPS) is 15.4. The molecule has 2 aromatic rings. The summed E-state index contributed by atoms with van der Waals surface area (Å²) in [5.74, 6) is -3.20. The molecule has 1 heterocycles. The zero-order valence-electron chi connectivity index (χ0n) is 17.5. The van der Waals surface area contributed by atoms with Crippen molar-refractivity contribution in [2.45, 2.75) is 31.9 Å². The van der Waals surface area contributed by atoms with Crippen LogP contribution in [0.15, 0.2) is 41.3 Å². The van der Waals surface area contributed by atoms with Gasteiger partial charge in [0.1, 0.15) is 16.0 Å². The average Bonchev–Trinajstić information content (AvgIpc) is 3.01. The molecule has 1 fully saturated rings. The predicted molar refractivity (Wildman–Crippen MR) is 123 cm³/mol. The van der Waals surface area contributed by atoms with Crippen LogP contribution in [0.5, 0.6) is 0 Å². The predicted octanol–water partition coefficient (Wildman–Crippen LogP) is 6.50. The number of aliphatic carboxylic acids is 1. The molecular weight excluding hydrogens is 497 g/mol. The SMILES string of the molecule is O=C(O)CCCCCN1C(=O)C(=Cc2ccc(F)c(-c3cc(C(F)(F)F)ccc3F)c2)SC1=S. The van der Waals surface area contributed by atoms with Crippen molar-refractivity contribution < 1.29 is 36.6 Å². The number of alkyl halides is 3. The number of hydrogen-bond acceptors (Lipinski definition) is 4. The van der Waals surface area contributed by atoms with Crippen LogP contribution >= 0.6 is 24.0 Å². The Kier molecular flexibility index (Phi) is 8.09. The molecule has 0 atom stereocenters. The summed E-state index contributed by atoms with van der Waals surface area (Å²) in [5.41, 5.74) is -1.74. The fraction of sp³-hybridized carbons (Fsp3) is 0.261. The van der Waals surface area contributed by atoms with Crippen LogP contribution in [0.4, 0.5) is 22.0 Å². The van der Waals surface area contributed by atoms with E-state index in [0.717, 1.165) is 17.8 Å². The molecule has 1 aliphatic rings. The summed E-state index contributed by atoms with van der Waals surface area (Å²) in [4.78, 5) is 24.9. The molecule has 11 heteroatoms. The molecule has 0 saturated carbocycles. The zero-order chi connectivity index (χ0) is 25.0. The van der Waals surface area contributed by atoms with Crippen molar-refractivity contribution in [1.29, 1.82) is 0 Å². The first kappa shape index (κ1) is 25.8. The van der Waals surface area contributed by atoms with Crippen LogP contribution in [-0.2, 0) is 15.8 Å². The number of unbranched alkanes of at least 4 members (excludes halogenated alkanes) is 2. The molecule has 0 aliphatic carbocycles. The van der Waals surface area contributed by atoms with E-state index in [1.54, 1.807) is 0 Å². The van der Waals surface area contributed by atoms with E-state index < -0.39 is 34.9 Å². The van der Waals surface area contributed by atoms with Gasteiger partial charge >= 0.3 is 12.1 Å². The van der Waals surface area contributed by atoms with Crippen LogP contribution in [0.3, 0.4) is 0 Å². The average molecular weight is 516 g/mol. The quantitative estimate of drug-likeness (QED) is 0.188. The Balaban J connectivity index is 1.81. The number of amides is 1. The summed E-state index contributed by atoms with van der Waals surface area (Å²) in [6.45, 7) is 0.311. The minimum atomic E-state index is -4.72. The molecule has 0 bridgehead atoms. The van der Waals surface area contributed by atoms with E-state index >= 15 is 0 Å². The van der Waals surface area contributed by atoms with Crippen molar-refractivity contribution in [3.63, 3.8) is 0 Å². The first-order valence-electron chi connectivity index (χ1n) is 10.1. The highest BCUT2D eigenvalue weighted by atomic mass is 32.2. The van der Waals surface area contributed by atoms with Crippen molar-refractivity contribution in [3.05, 3.63) is 64.1 Å². The van der Waals surface area contributed by atoms with Gasteiger partial charge in [-0.05, 0) is 54.8 Å². The van der Waals surface area contributed by atoms with Crippen molar-refractivity contribution in [1.82, 2.24) is 4.90 Å². The van der Waals surface area contributed by atoms with Gasteiger partial charge in [0.15, 0.2) is 0 Å². The number of carbonyl (C=O) groups is 2. The highest BCUT2D eigenvalue weighted by molar-refractivity contribution is 8.26. The summed E-state index contributed by atoms with van der Waals surface area (Å²) < 4.78 is 68.1. The minimum absolute atomic E-state index is 0.0394. The van der Waals surface area contributed by atoms with Gasteiger partial charge in [-0.3, -0.25) is 14.5 Å².